The number of ether oxygens (including phenoxy) is 1. The standard InChI is InChI=1S/C26H31N5O2.C25H25F2N5O3.C22H19ClF3N5O2/c1-15-13-20-21(14-16(15)2)31(23-22(28-20)24(32)30-25(33)29-23)12-11-27-17(3)18-7-9-19(10-8-18)26(4,5)6;1-14-10-19-20(12-21(14)35-17-4-2-3-5-17)32(23-22(29-19)24(33)31-25(34)30-23)9-8-28-13-15-6-7-16(26)11-18(15)27;1-11-7-16-17(8-12(11)2)31(19-18(28-16)20(32)30-21(33)29-19)6-5-27-10-13-3-4-14(23)9-15(13)22(24,25)26/h7-10,13-14,17,27H,11-12H2,1-6H3,(H,30,32,33);6-7,10-12,17,28H,2-5,8-9,13H2,1H3,(H,31,33,34);3-4,7-9,27H,5-6,10H2,1-2H3,(H,30,32,33). The van der Waals surface area contributed by atoms with Crippen molar-refractivity contribution in [2.24, 2.45) is 0 Å². The first kappa shape index (κ1) is 72.0. The maximum Gasteiger partial charge on any atom is 0.416 e. The van der Waals surface area contributed by atoms with Gasteiger partial charge in [-0.2, -0.15) is 28.1 Å². The smallest absolute Gasteiger partial charge is 0.416 e. The van der Waals surface area contributed by atoms with Gasteiger partial charge in [-0.1, -0.05) is 68.8 Å². The van der Waals surface area contributed by atoms with Gasteiger partial charge in [-0.25, -0.2) is 38.1 Å². The van der Waals surface area contributed by atoms with Crippen LogP contribution in [0.3, 0.4) is 0 Å². The van der Waals surface area contributed by atoms with Gasteiger partial charge in [0.25, 0.3) is 16.7 Å². The summed E-state index contributed by atoms with van der Waals surface area (Å²) in [5, 5.41) is 9.68. The molecule has 7 aliphatic rings. The summed E-state index contributed by atoms with van der Waals surface area (Å²) in [6, 6.07) is 27.4. The van der Waals surface area contributed by atoms with Gasteiger partial charge < -0.3 is 34.4 Å². The van der Waals surface area contributed by atoms with E-state index in [9.17, 15) is 50.7 Å². The van der Waals surface area contributed by atoms with E-state index < -0.39 is 57.1 Å². The highest BCUT2D eigenvalue weighted by atomic mass is 35.5. The average Bonchev–Trinajstić information content (AvgIpc) is 1.45. The Hall–Kier alpha value is -10.2. The molecule has 6 heterocycles. The highest BCUT2D eigenvalue weighted by Crippen LogP contribution is 2.35. The minimum absolute atomic E-state index is 0.00623. The van der Waals surface area contributed by atoms with Gasteiger partial charge in [0.05, 0.1) is 44.8 Å². The Morgan fingerprint density at radius 2 is 0.980 bits per heavy atom. The third-order valence-corrected chi connectivity index (χ3v) is 18.3. The summed E-state index contributed by atoms with van der Waals surface area (Å²) in [4.78, 5) is 105. The summed E-state index contributed by atoms with van der Waals surface area (Å²) in [5.41, 5.74) is 7.58. The molecule has 0 aromatic heterocycles. The second-order valence-electron chi connectivity index (χ2n) is 26.3. The lowest BCUT2D eigenvalue weighted by molar-refractivity contribution is -0.138. The second kappa shape index (κ2) is 29.9. The van der Waals surface area contributed by atoms with E-state index in [1.165, 1.54) is 35.4 Å². The largest absolute Gasteiger partial charge is 0.490 e. The molecular weight excluding hydrogens is 1330 g/mol. The quantitative estimate of drug-likeness (QED) is 0.0281. The minimum Gasteiger partial charge on any atom is -0.490 e. The maximum atomic E-state index is 14.0. The van der Waals surface area contributed by atoms with Gasteiger partial charge in [-0.15, -0.1) is 0 Å². The number of aryl methyl sites for hydroxylation is 5. The zero-order valence-electron chi connectivity index (χ0n) is 57.0. The Labute approximate surface area is 579 Å². The van der Waals surface area contributed by atoms with E-state index >= 15 is 0 Å². The average molecular weight is 1400 g/mol. The van der Waals surface area contributed by atoms with Crippen LogP contribution in [0, 0.1) is 46.3 Å². The highest BCUT2D eigenvalue weighted by Gasteiger charge is 2.34. The lowest BCUT2D eigenvalue weighted by atomic mass is 9.86. The lowest BCUT2D eigenvalue weighted by Gasteiger charge is -2.21. The van der Waals surface area contributed by atoms with E-state index in [4.69, 9.17) is 16.3 Å². The van der Waals surface area contributed by atoms with Crippen LogP contribution in [0.5, 0.6) is 5.75 Å². The number of H-pyrrole nitrogens is 3. The number of aromatic amines is 3. The van der Waals surface area contributed by atoms with Crippen LogP contribution >= 0.6 is 11.6 Å². The Balaban J connectivity index is 0.000000153. The van der Waals surface area contributed by atoms with Gasteiger partial charge in [-0.05, 0) is 166 Å². The molecule has 0 bridgehead atoms. The normalized spacial score (nSPS) is 13.1. The zero-order chi connectivity index (χ0) is 72.4. The molecule has 526 valence electrons. The van der Waals surface area contributed by atoms with Crippen molar-refractivity contribution in [1.82, 2.24) is 74.5 Å². The molecule has 6 aliphatic heterocycles. The summed E-state index contributed by atoms with van der Waals surface area (Å²) >= 11 is 5.73. The van der Waals surface area contributed by atoms with Crippen molar-refractivity contribution in [3.8, 4) is 40.3 Å². The topological polar surface area (TPSA) is 287 Å². The van der Waals surface area contributed by atoms with Gasteiger partial charge in [0, 0.05) is 81.1 Å². The number of halogens is 6. The van der Waals surface area contributed by atoms with Gasteiger partial charge in [0.1, 0.15) is 17.4 Å². The van der Waals surface area contributed by atoms with Crippen LogP contribution < -0.4 is 54.4 Å². The lowest BCUT2D eigenvalue weighted by Crippen LogP contribution is -2.30. The molecule has 22 nitrogen and oxygen atoms in total. The Bertz CT molecular complexity index is 5370. The van der Waals surface area contributed by atoms with Crippen molar-refractivity contribution in [1.29, 1.82) is 0 Å². The van der Waals surface area contributed by atoms with Crippen LogP contribution in [0.4, 0.5) is 22.0 Å². The molecule has 6 N–H and O–H groups in total. The van der Waals surface area contributed by atoms with Crippen LogP contribution in [0.2, 0.25) is 5.02 Å². The van der Waals surface area contributed by atoms with Crippen LogP contribution in [0.25, 0.3) is 67.7 Å². The predicted molar refractivity (Wildman–Crippen MR) is 377 cm³/mol. The molecule has 0 spiro atoms. The number of alkyl halides is 3. The number of hydrogen-bond acceptors (Lipinski definition) is 16. The molecule has 28 heteroatoms. The fourth-order valence-electron chi connectivity index (χ4n) is 12.3. The third-order valence-electron chi connectivity index (χ3n) is 18.1. The zero-order valence-corrected chi connectivity index (χ0v) is 57.8. The fourth-order valence-corrected chi connectivity index (χ4v) is 12.4. The Morgan fingerprint density at radius 1 is 0.545 bits per heavy atom. The van der Waals surface area contributed by atoms with Crippen molar-refractivity contribution in [3.05, 3.63) is 232 Å². The van der Waals surface area contributed by atoms with Crippen LogP contribution in [-0.2, 0) is 44.3 Å². The molecule has 13 rings (SSSR count). The number of fused-ring (bicyclic) bond motifs is 6. The van der Waals surface area contributed by atoms with Crippen molar-refractivity contribution < 1.29 is 26.7 Å². The number of nitrogens with one attached hydrogen (secondary N) is 6. The molecular formula is C73H75ClF5N15O7. The van der Waals surface area contributed by atoms with E-state index in [0.717, 1.165) is 76.9 Å². The van der Waals surface area contributed by atoms with Crippen molar-refractivity contribution in [2.45, 2.75) is 144 Å². The number of nitrogens with zero attached hydrogens (tertiary/aromatic N) is 9. The minimum atomic E-state index is -4.53. The van der Waals surface area contributed by atoms with E-state index in [1.807, 2.05) is 75.6 Å². The molecule has 0 amide bonds. The van der Waals surface area contributed by atoms with Crippen LogP contribution in [-0.4, -0.2) is 84.3 Å². The Morgan fingerprint density at radius 3 is 1.45 bits per heavy atom. The molecule has 101 heavy (non-hydrogen) atoms. The molecule has 0 saturated heterocycles. The SMILES string of the molecule is Cc1cc2nc3c(=O)[nH]c(=O)nc-3n(CCNC(C)c3ccc(C(C)(C)C)cc3)c2cc1C.Cc1cc2nc3c(=O)[nH]c(=O)nc-3n(CCNCc3ccc(Cl)cc3C(F)(F)F)c2cc1C.Cc1cc2nc3c(=O)[nH]c(=O)nc-3n(CCNCc3ccc(F)cc3F)c2cc1OC1CCCC1. The van der Waals surface area contributed by atoms with Crippen LogP contribution in [0.1, 0.15) is 115 Å². The number of aromatic nitrogens is 12. The van der Waals surface area contributed by atoms with Gasteiger partial charge in [0.2, 0.25) is 0 Å². The third kappa shape index (κ3) is 16.5. The van der Waals surface area contributed by atoms with Crippen molar-refractivity contribution in [3.63, 3.8) is 0 Å². The summed E-state index contributed by atoms with van der Waals surface area (Å²) in [7, 11) is 0. The molecule has 1 unspecified atom stereocenters. The van der Waals surface area contributed by atoms with E-state index in [0.29, 0.717) is 65.2 Å². The molecule has 0 radical (unpaired) electrons. The van der Waals surface area contributed by atoms with Gasteiger partial charge in [0.15, 0.2) is 34.6 Å². The Kier molecular flexibility index (Phi) is 21.3. The van der Waals surface area contributed by atoms with E-state index in [2.05, 4.69) is 113 Å². The second-order valence-corrected chi connectivity index (χ2v) is 26.8. The summed E-state index contributed by atoms with van der Waals surface area (Å²) < 4.78 is 78.7. The number of rotatable bonds is 17. The molecule has 6 aromatic carbocycles. The molecule has 1 fully saturated rings. The molecule has 1 saturated carbocycles. The summed E-state index contributed by atoms with van der Waals surface area (Å²) in [6.07, 6.45) is -0.0684. The van der Waals surface area contributed by atoms with Crippen molar-refractivity contribution >= 4 is 44.7 Å². The van der Waals surface area contributed by atoms with E-state index in [-0.39, 0.29) is 83.1 Å². The predicted octanol–water partition coefficient (Wildman–Crippen LogP) is 10.8. The first-order valence-electron chi connectivity index (χ1n) is 33.0. The first-order chi connectivity index (χ1) is 48.0. The van der Waals surface area contributed by atoms with Gasteiger partial charge >= 0.3 is 23.2 Å². The van der Waals surface area contributed by atoms with Crippen LogP contribution in [0.15, 0.2) is 126 Å². The monoisotopic (exact) mass is 1400 g/mol. The number of benzene rings is 6. The highest BCUT2D eigenvalue weighted by molar-refractivity contribution is 6.30. The maximum absolute atomic E-state index is 14.0. The summed E-state index contributed by atoms with van der Waals surface area (Å²) in [5.74, 6) is 0.0577. The molecule has 6 aromatic rings. The summed E-state index contributed by atoms with van der Waals surface area (Å²) in [6.45, 7) is 21.1. The first-order valence-corrected chi connectivity index (χ1v) is 33.4. The number of hydrogen-bond donors (Lipinski definition) is 6. The molecule has 1 atom stereocenters. The fraction of sp³-hybridized carbons (Fsp3) is 0.342. The van der Waals surface area contributed by atoms with Gasteiger partial charge in [-0.3, -0.25) is 29.3 Å². The van der Waals surface area contributed by atoms with Crippen molar-refractivity contribution in [2.75, 3.05) is 19.6 Å². The van der Waals surface area contributed by atoms with E-state index in [1.54, 1.807) is 9.13 Å². The molecule has 1 aliphatic carbocycles.